The van der Waals surface area contributed by atoms with Crippen LogP contribution in [0.4, 0.5) is 10.5 Å². The normalized spacial score (nSPS) is 18.8. The van der Waals surface area contributed by atoms with Crippen molar-refractivity contribution >= 4 is 11.8 Å². The number of hydrogen-bond acceptors (Lipinski definition) is 4. The van der Waals surface area contributed by atoms with E-state index in [2.05, 4.69) is 17.4 Å². The highest BCUT2D eigenvalue weighted by atomic mass is 16.6. The standard InChI is InChI=1S/C19H30N2O3/c1-19(2,3)24-18(23)21-12-4-5-16(10-13-21)20-17-8-6-15(7-9-17)11-14-22/h6-9,16,20,22H,4-5,10-14H2,1-3H3/t16-/m1/s1. The molecule has 0 radical (unpaired) electrons. The van der Waals surface area contributed by atoms with E-state index in [-0.39, 0.29) is 12.7 Å². The van der Waals surface area contributed by atoms with Crippen molar-refractivity contribution in [1.29, 1.82) is 0 Å². The Morgan fingerprint density at radius 1 is 1.25 bits per heavy atom. The van der Waals surface area contributed by atoms with Gasteiger partial charge in [0.15, 0.2) is 0 Å². The first-order chi connectivity index (χ1) is 11.4. The van der Waals surface area contributed by atoms with Gasteiger partial charge < -0.3 is 20.1 Å². The SMILES string of the molecule is CC(C)(C)OC(=O)N1CCC[C@@H](Nc2ccc(CCO)cc2)CC1. The number of carbonyl (C=O) groups is 1. The van der Waals surface area contributed by atoms with Crippen LogP contribution in [0, 0.1) is 0 Å². The molecule has 5 nitrogen and oxygen atoms in total. The molecule has 1 atom stereocenters. The van der Waals surface area contributed by atoms with Crippen LogP contribution in [0.3, 0.4) is 0 Å². The summed E-state index contributed by atoms with van der Waals surface area (Å²) in [6.45, 7) is 7.34. The summed E-state index contributed by atoms with van der Waals surface area (Å²) in [6, 6.07) is 8.56. The van der Waals surface area contributed by atoms with Crippen LogP contribution < -0.4 is 5.32 Å². The maximum absolute atomic E-state index is 12.2. The molecule has 5 heteroatoms. The molecule has 1 heterocycles. The van der Waals surface area contributed by atoms with Gasteiger partial charge in [0.25, 0.3) is 0 Å². The topological polar surface area (TPSA) is 61.8 Å². The smallest absolute Gasteiger partial charge is 0.410 e. The minimum atomic E-state index is -0.447. The van der Waals surface area contributed by atoms with Crippen molar-refractivity contribution in [3.63, 3.8) is 0 Å². The molecular weight excluding hydrogens is 304 g/mol. The highest BCUT2D eigenvalue weighted by Crippen LogP contribution is 2.19. The molecule has 0 aliphatic carbocycles. The number of ether oxygens (including phenoxy) is 1. The number of anilines is 1. The number of aliphatic hydroxyl groups is 1. The number of nitrogens with one attached hydrogen (secondary N) is 1. The van der Waals surface area contributed by atoms with Gasteiger partial charge in [-0.2, -0.15) is 0 Å². The molecule has 0 unspecified atom stereocenters. The fourth-order valence-corrected chi connectivity index (χ4v) is 2.88. The minimum absolute atomic E-state index is 0.176. The fraction of sp³-hybridized carbons (Fsp3) is 0.632. The Labute approximate surface area is 145 Å². The molecule has 1 fully saturated rings. The largest absolute Gasteiger partial charge is 0.444 e. The third-order valence-electron chi connectivity index (χ3n) is 4.10. The number of hydrogen-bond donors (Lipinski definition) is 2. The van der Waals surface area contributed by atoms with E-state index in [0.717, 1.165) is 43.6 Å². The molecular formula is C19H30N2O3. The monoisotopic (exact) mass is 334 g/mol. The minimum Gasteiger partial charge on any atom is -0.444 e. The fourth-order valence-electron chi connectivity index (χ4n) is 2.88. The quantitative estimate of drug-likeness (QED) is 0.886. The first-order valence-corrected chi connectivity index (χ1v) is 8.81. The number of amides is 1. The van der Waals surface area contributed by atoms with E-state index in [1.54, 1.807) is 0 Å². The summed E-state index contributed by atoms with van der Waals surface area (Å²) in [5.74, 6) is 0. The molecule has 134 valence electrons. The van der Waals surface area contributed by atoms with Gasteiger partial charge in [-0.25, -0.2) is 4.79 Å². The molecule has 0 aromatic heterocycles. The zero-order chi connectivity index (χ0) is 17.6. The molecule has 1 saturated heterocycles. The van der Waals surface area contributed by atoms with Gasteiger partial charge in [0, 0.05) is 31.4 Å². The van der Waals surface area contributed by atoms with Crippen LogP contribution in [-0.2, 0) is 11.2 Å². The molecule has 1 aromatic rings. The zero-order valence-corrected chi connectivity index (χ0v) is 15.0. The van der Waals surface area contributed by atoms with Gasteiger partial charge in [-0.15, -0.1) is 0 Å². The van der Waals surface area contributed by atoms with Crippen LogP contribution >= 0.6 is 0 Å². The van der Waals surface area contributed by atoms with Crippen molar-refractivity contribution in [3.8, 4) is 0 Å². The molecule has 1 aromatic carbocycles. The number of carbonyl (C=O) groups excluding carboxylic acids is 1. The number of likely N-dealkylation sites (tertiary alicyclic amines) is 1. The molecule has 1 amide bonds. The van der Waals surface area contributed by atoms with Crippen molar-refractivity contribution in [2.24, 2.45) is 0 Å². The van der Waals surface area contributed by atoms with Crippen LogP contribution in [0.5, 0.6) is 0 Å². The molecule has 2 rings (SSSR count). The van der Waals surface area contributed by atoms with Crippen molar-refractivity contribution in [3.05, 3.63) is 29.8 Å². The predicted octanol–water partition coefficient (Wildman–Crippen LogP) is 3.42. The lowest BCUT2D eigenvalue weighted by molar-refractivity contribution is 0.0256. The average Bonchev–Trinajstić information content (AvgIpc) is 2.73. The van der Waals surface area contributed by atoms with Crippen molar-refractivity contribution in [2.45, 2.75) is 58.1 Å². The van der Waals surface area contributed by atoms with Gasteiger partial charge in [0.2, 0.25) is 0 Å². The first-order valence-electron chi connectivity index (χ1n) is 8.81. The highest BCUT2D eigenvalue weighted by Gasteiger charge is 2.25. The summed E-state index contributed by atoms with van der Waals surface area (Å²) in [7, 11) is 0. The third-order valence-corrected chi connectivity index (χ3v) is 4.10. The van der Waals surface area contributed by atoms with Crippen molar-refractivity contribution in [1.82, 2.24) is 4.90 Å². The highest BCUT2D eigenvalue weighted by molar-refractivity contribution is 5.68. The molecule has 24 heavy (non-hydrogen) atoms. The second-order valence-corrected chi connectivity index (χ2v) is 7.41. The van der Waals surface area contributed by atoms with E-state index in [4.69, 9.17) is 9.84 Å². The van der Waals surface area contributed by atoms with E-state index in [0.29, 0.717) is 12.5 Å². The second kappa shape index (κ2) is 8.38. The van der Waals surface area contributed by atoms with Crippen molar-refractivity contribution in [2.75, 3.05) is 25.0 Å². The Kier molecular flexibility index (Phi) is 6.49. The van der Waals surface area contributed by atoms with Gasteiger partial charge in [-0.3, -0.25) is 0 Å². The van der Waals surface area contributed by atoms with E-state index >= 15 is 0 Å². The maximum atomic E-state index is 12.2. The Bertz CT molecular complexity index is 522. The van der Waals surface area contributed by atoms with E-state index in [1.165, 1.54) is 0 Å². The van der Waals surface area contributed by atoms with Gasteiger partial charge in [0.1, 0.15) is 5.60 Å². The molecule has 0 spiro atoms. The van der Waals surface area contributed by atoms with Crippen LogP contribution in [-0.4, -0.2) is 47.4 Å². The number of nitrogens with zero attached hydrogens (tertiary/aromatic N) is 1. The first kappa shape index (κ1) is 18.6. The van der Waals surface area contributed by atoms with Crippen molar-refractivity contribution < 1.29 is 14.6 Å². The summed E-state index contributed by atoms with van der Waals surface area (Å²) in [6.07, 6.45) is 3.40. The lowest BCUT2D eigenvalue weighted by Gasteiger charge is -2.26. The van der Waals surface area contributed by atoms with Crippen LogP contribution in [0.25, 0.3) is 0 Å². The number of aliphatic hydroxyl groups excluding tert-OH is 1. The average molecular weight is 334 g/mol. The van der Waals surface area contributed by atoms with Crippen LogP contribution in [0.2, 0.25) is 0 Å². The number of benzene rings is 1. The molecule has 1 aliphatic rings. The second-order valence-electron chi connectivity index (χ2n) is 7.41. The maximum Gasteiger partial charge on any atom is 0.410 e. The predicted molar refractivity (Wildman–Crippen MR) is 96.3 cm³/mol. The summed E-state index contributed by atoms with van der Waals surface area (Å²) in [5, 5.41) is 12.5. The van der Waals surface area contributed by atoms with Gasteiger partial charge in [0.05, 0.1) is 0 Å². The summed E-state index contributed by atoms with van der Waals surface area (Å²) in [4.78, 5) is 14.0. The molecule has 0 saturated carbocycles. The van der Waals surface area contributed by atoms with Crippen LogP contribution in [0.1, 0.15) is 45.6 Å². The Balaban J connectivity index is 1.85. The molecule has 1 aliphatic heterocycles. The number of rotatable bonds is 4. The van der Waals surface area contributed by atoms with Gasteiger partial charge in [-0.05, 0) is 64.2 Å². The lowest BCUT2D eigenvalue weighted by Crippen LogP contribution is -2.37. The van der Waals surface area contributed by atoms with E-state index in [9.17, 15) is 4.79 Å². The van der Waals surface area contributed by atoms with Gasteiger partial charge in [-0.1, -0.05) is 12.1 Å². The Morgan fingerprint density at radius 3 is 2.58 bits per heavy atom. The summed E-state index contributed by atoms with van der Waals surface area (Å²) >= 11 is 0. The molecule has 2 N–H and O–H groups in total. The summed E-state index contributed by atoms with van der Waals surface area (Å²) in [5.41, 5.74) is 1.78. The Hall–Kier alpha value is -1.75. The molecule has 0 bridgehead atoms. The van der Waals surface area contributed by atoms with E-state index < -0.39 is 5.60 Å². The third kappa shape index (κ3) is 6.04. The summed E-state index contributed by atoms with van der Waals surface area (Å²) < 4.78 is 5.47. The van der Waals surface area contributed by atoms with E-state index in [1.807, 2.05) is 37.8 Å². The Morgan fingerprint density at radius 2 is 1.96 bits per heavy atom. The van der Waals surface area contributed by atoms with Gasteiger partial charge >= 0.3 is 6.09 Å². The zero-order valence-electron chi connectivity index (χ0n) is 15.0. The van der Waals surface area contributed by atoms with Crippen LogP contribution in [0.15, 0.2) is 24.3 Å². The lowest BCUT2D eigenvalue weighted by atomic mass is 10.1.